The van der Waals surface area contributed by atoms with E-state index in [0.29, 0.717) is 0 Å². The first-order valence-corrected chi connectivity index (χ1v) is 11.9. The van der Waals surface area contributed by atoms with Crippen LogP contribution in [0, 0.1) is 13.8 Å². The maximum atomic E-state index is 5.34. The number of aryl methyl sites for hydroxylation is 2. The van der Waals surface area contributed by atoms with E-state index >= 15 is 0 Å². The van der Waals surface area contributed by atoms with E-state index in [1.165, 1.54) is 16.7 Å². The highest BCUT2D eigenvalue weighted by Crippen LogP contribution is 2.38. The Morgan fingerprint density at radius 2 is 1.70 bits per heavy atom. The fourth-order valence-electron chi connectivity index (χ4n) is 4.02. The van der Waals surface area contributed by atoms with Gasteiger partial charge in [-0.2, -0.15) is 0 Å². The predicted octanol–water partition coefficient (Wildman–Crippen LogP) is 7.01. The molecule has 5 heteroatoms. The van der Waals surface area contributed by atoms with E-state index in [4.69, 9.17) is 14.7 Å². The molecule has 2 aromatic heterocycles. The molecule has 5 rings (SSSR count). The summed E-state index contributed by atoms with van der Waals surface area (Å²) in [6, 6.07) is 25.1. The number of ether oxygens (including phenoxy) is 1. The molecule has 2 heterocycles. The van der Waals surface area contributed by atoms with Crippen LogP contribution in [-0.2, 0) is 5.75 Å². The Labute approximate surface area is 198 Å². The molecule has 0 saturated carbocycles. The second kappa shape index (κ2) is 9.12. The van der Waals surface area contributed by atoms with Gasteiger partial charge < -0.3 is 9.30 Å². The summed E-state index contributed by atoms with van der Waals surface area (Å²) in [5.41, 5.74) is 8.13. The summed E-state index contributed by atoms with van der Waals surface area (Å²) < 4.78 is 7.48. The Morgan fingerprint density at radius 1 is 0.909 bits per heavy atom. The summed E-state index contributed by atoms with van der Waals surface area (Å²) in [5, 5.41) is 2.07. The van der Waals surface area contributed by atoms with Gasteiger partial charge in [-0.05, 0) is 54.8 Å². The topological polar surface area (TPSA) is 39.9 Å². The predicted molar refractivity (Wildman–Crippen MR) is 136 cm³/mol. The summed E-state index contributed by atoms with van der Waals surface area (Å²) in [4.78, 5) is 9.41. The number of nitrogens with zero attached hydrogens (tertiary/aromatic N) is 3. The quantitative estimate of drug-likeness (QED) is 0.206. The minimum atomic E-state index is 0.831. The molecule has 0 unspecified atom stereocenters. The average Bonchev–Trinajstić information content (AvgIpc) is 3.25. The Morgan fingerprint density at radius 3 is 2.45 bits per heavy atom. The number of methoxy groups -OCH3 is 1. The molecule has 3 aromatic carbocycles. The highest BCUT2D eigenvalue weighted by Gasteiger charge is 2.18. The summed E-state index contributed by atoms with van der Waals surface area (Å²) in [7, 11) is 1.68. The standard InChI is InChI=1S/C28H25N3OS/c1-19-9-10-20(2)22(15-19)17-33-28-26-25(21-7-5-4-6-8-21)16-31(27(26)29-18-30-28)23-11-13-24(32-3)14-12-23/h4-16,18H,17H2,1-3H3. The molecular formula is C28H25N3OS. The van der Waals surface area contributed by atoms with Gasteiger partial charge in [-0.3, -0.25) is 0 Å². The van der Waals surface area contributed by atoms with E-state index in [1.54, 1.807) is 25.2 Å². The van der Waals surface area contributed by atoms with Crippen LogP contribution >= 0.6 is 11.8 Å². The number of hydrogen-bond acceptors (Lipinski definition) is 4. The summed E-state index contributed by atoms with van der Waals surface area (Å²) in [6.45, 7) is 4.30. The van der Waals surface area contributed by atoms with Crippen LogP contribution in [-0.4, -0.2) is 21.6 Å². The second-order valence-corrected chi connectivity index (χ2v) is 9.04. The van der Waals surface area contributed by atoms with Gasteiger partial charge in [0.05, 0.1) is 12.5 Å². The van der Waals surface area contributed by atoms with Crippen LogP contribution in [0.4, 0.5) is 0 Å². The molecule has 0 N–H and O–H groups in total. The Balaban J connectivity index is 1.64. The lowest BCUT2D eigenvalue weighted by atomic mass is 10.1. The highest BCUT2D eigenvalue weighted by atomic mass is 32.2. The van der Waals surface area contributed by atoms with E-state index in [9.17, 15) is 0 Å². The summed E-state index contributed by atoms with van der Waals surface area (Å²) in [5.74, 6) is 1.69. The van der Waals surface area contributed by atoms with Crippen molar-refractivity contribution in [3.63, 3.8) is 0 Å². The number of thioether (sulfide) groups is 1. The van der Waals surface area contributed by atoms with Gasteiger partial charge in [-0.1, -0.05) is 54.1 Å². The number of rotatable bonds is 6. The van der Waals surface area contributed by atoms with Crippen LogP contribution in [0.5, 0.6) is 5.75 Å². The third-order valence-corrected chi connectivity index (χ3v) is 6.89. The SMILES string of the molecule is COc1ccc(-n2cc(-c3ccccc3)c3c(SCc4cc(C)ccc4C)ncnc32)cc1. The van der Waals surface area contributed by atoms with Crippen LogP contribution in [0.3, 0.4) is 0 Å². The zero-order chi connectivity index (χ0) is 22.8. The molecule has 164 valence electrons. The van der Waals surface area contributed by atoms with Crippen LogP contribution in [0.2, 0.25) is 0 Å². The van der Waals surface area contributed by atoms with Gasteiger partial charge in [0.25, 0.3) is 0 Å². The summed E-state index contributed by atoms with van der Waals surface area (Å²) >= 11 is 1.76. The van der Waals surface area contributed by atoms with E-state index < -0.39 is 0 Å². The van der Waals surface area contributed by atoms with Crippen molar-refractivity contribution in [1.82, 2.24) is 14.5 Å². The molecule has 0 atom stereocenters. The third-order valence-electron chi connectivity index (χ3n) is 5.85. The van der Waals surface area contributed by atoms with E-state index in [1.807, 2.05) is 18.2 Å². The van der Waals surface area contributed by atoms with Crippen molar-refractivity contribution >= 4 is 22.8 Å². The molecule has 0 aliphatic rings. The zero-order valence-electron chi connectivity index (χ0n) is 18.9. The largest absolute Gasteiger partial charge is 0.497 e. The lowest BCUT2D eigenvalue weighted by Crippen LogP contribution is -1.95. The minimum absolute atomic E-state index is 0.831. The van der Waals surface area contributed by atoms with Crippen molar-refractivity contribution in [3.8, 4) is 22.6 Å². The molecule has 0 fully saturated rings. The average molecular weight is 452 g/mol. The molecular weight excluding hydrogens is 426 g/mol. The number of aromatic nitrogens is 3. The van der Waals surface area contributed by atoms with Gasteiger partial charge in [-0.15, -0.1) is 11.8 Å². The van der Waals surface area contributed by atoms with E-state index in [0.717, 1.165) is 44.4 Å². The number of hydrogen-bond donors (Lipinski definition) is 0. The lowest BCUT2D eigenvalue weighted by molar-refractivity contribution is 0.415. The van der Waals surface area contributed by atoms with Crippen LogP contribution in [0.15, 0.2) is 90.3 Å². The third kappa shape index (κ3) is 4.24. The molecule has 0 spiro atoms. The van der Waals surface area contributed by atoms with Gasteiger partial charge in [0, 0.05) is 23.2 Å². The molecule has 5 aromatic rings. The molecule has 4 nitrogen and oxygen atoms in total. The van der Waals surface area contributed by atoms with Gasteiger partial charge in [0.1, 0.15) is 22.7 Å². The van der Waals surface area contributed by atoms with Crippen molar-refractivity contribution in [3.05, 3.63) is 102 Å². The fourth-order valence-corrected chi connectivity index (χ4v) is 5.09. The van der Waals surface area contributed by atoms with E-state index in [2.05, 4.69) is 79.2 Å². The Kier molecular flexibility index (Phi) is 5.88. The van der Waals surface area contributed by atoms with Crippen LogP contribution in [0.25, 0.3) is 27.8 Å². The van der Waals surface area contributed by atoms with Crippen LogP contribution in [0.1, 0.15) is 16.7 Å². The van der Waals surface area contributed by atoms with Crippen LogP contribution < -0.4 is 4.74 Å². The monoisotopic (exact) mass is 451 g/mol. The molecule has 0 saturated heterocycles. The molecule has 0 bridgehead atoms. The zero-order valence-corrected chi connectivity index (χ0v) is 19.8. The fraction of sp³-hybridized carbons (Fsp3) is 0.143. The molecule has 0 amide bonds. The lowest BCUT2D eigenvalue weighted by Gasteiger charge is -2.09. The molecule has 0 radical (unpaired) electrons. The van der Waals surface area contributed by atoms with Gasteiger partial charge in [-0.25, -0.2) is 9.97 Å². The van der Waals surface area contributed by atoms with E-state index in [-0.39, 0.29) is 0 Å². The molecule has 0 aliphatic heterocycles. The molecule has 33 heavy (non-hydrogen) atoms. The first-order valence-electron chi connectivity index (χ1n) is 10.9. The number of fused-ring (bicyclic) bond motifs is 1. The smallest absolute Gasteiger partial charge is 0.149 e. The van der Waals surface area contributed by atoms with Gasteiger partial charge in [0.15, 0.2) is 0 Å². The van der Waals surface area contributed by atoms with Crippen molar-refractivity contribution in [2.75, 3.05) is 7.11 Å². The normalized spacial score (nSPS) is 11.1. The van der Waals surface area contributed by atoms with Crippen molar-refractivity contribution < 1.29 is 4.74 Å². The second-order valence-electron chi connectivity index (χ2n) is 8.07. The Bertz CT molecular complexity index is 1410. The van der Waals surface area contributed by atoms with Gasteiger partial charge in [0.2, 0.25) is 0 Å². The maximum absolute atomic E-state index is 5.34. The first-order chi connectivity index (χ1) is 16.1. The minimum Gasteiger partial charge on any atom is -0.497 e. The Hall–Kier alpha value is -3.57. The first kappa shape index (κ1) is 21.3. The van der Waals surface area contributed by atoms with Crippen molar-refractivity contribution in [2.24, 2.45) is 0 Å². The highest BCUT2D eigenvalue weighted by molar-refractivity contribution is 7.98. The van der Waals surface area contributed by atoms with Crippen molar-refractivity contribution in [1.29, 1.82) is 0 Å². The molecule has 0 aliphatic carbocycles. The maximum Gasteiger partial charge on any atom is 0.149 e. The summed E-state index contributed by atoms with van der Waals surface area (Å²) in [6.07, 6.45) is 3.83. The number of benzene rings is 3. The van der Waals surface area contributed by atoms with Crippen molar-refractivity contribution in [2.45, 2.75) is 24.6 Å². The van der Waals surface area contributed by atoms with Gasteiger partial charge >= 0.3 is 0 Å².